The van der Waals surface area contributed by atoms with Crippen LogP contribution in [0.2, 0.25) is 5.02 Å². The van der Waals surface area contributed by atoms with Crippen molar-refractivity contribution in [3.8, 4) is 0 Å². The molecule has 0 bridgehead atoms. The summed E-state index contributed by atoms with van der Waals surface area (Å²) < 4.78 is 13.5. The molecule has 0 aliphatic heterocycles. The average Bonchev–Trinajstić information content (AvgIpc) is 2.41. The summed E-state index contributed by atoms with van der Waals surface area (Å²) in [6, 6.07) is 12.0. The molecule has 104 valence electrons. The van der Waals surface area contributed by atoms with Crippen LogP contribution in [0.4, 0.5) is 10.1 Å². The molecule has 0 fully saturated rings. The molecule has 0 aliphatic carbocycles. The third-order valence-corrected chi connectivity index (χ3v) is 4.07. The van der Waals surface area contributed by atoms with E-state index in [1.807, 2.05) is 31.2 Å². The molecule has 2 nitrogen and oxygen atoms in total. The Morgan fingerprint density at radius 3 is 2.75 bits per heavy atom. The largest absolute Gasteiger partial charge is 0.323 e. The van der Waals surface area contributed by atoms with E-state index in [0.29, 0.717) is 5.02 Å². The summed E-state index contributed by atoms with van der Waals surface area (Å²) in [5.74, 6) is -0.557. The number of aryl methyl sites for hydroxylation is 1. The van der Waals surface area contributed by atoms with E-state index in [-0.39, 0.29) is 17.3 Å². The molecule has 0 radical (unpaired) electrons. The lowest BCUT2D eigenvalue weighted by molar-refractivity contribution is -0.113. The molecule has 20 heavy (non-hydrogen) atoms. The highest BCUT2D eigenvalue weighted by Crippen LogP contribution is 2.23. The van der Waals surface area contributed by atoms with E-state index in [1.165, 1.54) is 30.0 Å². The molecule has 0 heterocycles. The van der Waals surface area contributed by atoms with E-state index in [9.17, 15) is 9.18 Å². The highest BCUT2D eigenvalue weighted by atomic mass is 35.5. The van der Waals surface area contributed by atoms with Crippen molar-refractivity contribution in [2.75, 3.05) is 11.1 Å². The first-order chi connectivity index (χ1) is 9.56. The molecule has 1 N–H and O–H groups in total. The van der Waals surface area contributed by atoms with E-state index in [0.717, 1.165) is 10.5 Å². The molecule has 1 amide bonds. The second-order valence-corrected chi connectivity index (χ2v) is 5.68. The fourth-order valence-electron chi connectivity index (χ4n) is 1.64. The van der Waals surface area contributed by atoms with Crippen LogP contribution < -0.4 is 5.32 Å². The van der Waals surface area contributed by atoms with Crippen molar-refractivity contribution < 1.29 is 9.18 Å². The second-order valence-electron chi connectivity index (χ2n) is 4.23. The van der Waals surface area contributed by atoms with Gasteiger partial charge < -0.3 is 5.32 Å². The highest BCUT2D eigenvalue weighted by molar-refractivity contribution is 8.00. The van der Waals surface area contributed by atoms with Crippen LogP contribution in [0.1, 0.15) is 5.56 Å². The van der Waals surface area contributed by atoms with Crippen molar-refractivity contribution in [1.82, 2.24) is 0 Å². The Balaban J connectivity index is 1.94. The van der Waals surface area contributed by atoms with Gasteiger partial charge in [-0.2, -0.15) is 0 Å². The van der Waals surface area contributed by atoms with E-state index >= 15 is 0 Å². The van der Waals surface area contributed by atoms with Gasteiger partial charge in [0.15, 0.2) is 0 Å². The number of carbonyl (C=O) groups excluding carboxylic acids is 1. The normalized spacial score (nSPS) is 10.3. The topological polar surface area (TPSA) is 29.1 Å². The number of benzene rings is 2. The summed E-state index contributed by atoms with van der Waals surface area (Å²) in [6.45, 7) is 1.99. The van der Waals surface area contributed by atoms with Crippen LogP contribution in [-0.2, 0) is 4.79 Å². The minimum atomic E-state index is -0.535. The predicted molar refractivity (Wildman–Crippen MR) is 81.9 cm³/mol. The van der Waals surface area contributed by atoms with Crippen molar-refractivity contribution >= 4 is 35.0 Å². The summed E-state index contributed by atoms with van der Waals surface area (Å²) in [5.41, 5.74) is 1.26. The Hall–Kier alpha value is -1.52. The van der Waals surface area contributed by atoms with Crippen LogP contribution in [-0.4, -0.2) is 11.7 Å². The molecule has 0 aromatic heterocycles. The lowest BCUT2D eigenvalue weighted by Gasteiger charge is -2.07. The van der Waals surface area contributed by atoms with E-state index < -0.39 is 5.82 Å². The monoisotopic (exact) mass is 309 g/mol. The summed E-state index contributed by atoms with van der Waals surface area (Å²) in [5, 5.41) is 2.83. The zero-order valence-corrected chi connectivity index (χ0v) is 12.4. The second kappa shape index (κ2) is 6.77. The van der Waals surface area contributed by atoms with Crippen LogP contribution in [0.25, 0.3) is 0 Å². The number of thioether (sulfide) groups is 1. The Kier molecular flexibility index (Phi) is 5.04. The number of amides is 1. The molecule has 0 spiro atoms. The first kappa shape index (κ1) is 14.9. The number of halogens is 2. The van der Waals surface area contributed by atoms with E-state index in [4.69, 9.17) is 11.6 Å². The zero-order chi connectivity index (χ0) is 14.5. The third-order valence-electron chi connectivity index (χ3n) is 2.66. The fraction of sp³-hybridized carbons (Fsp3) is 0.133. The van der Waals surface area contributed by atoms with Crippen molar-refractivity contribution in [2.24, 2.45) is 0 Å². The predicted octanol–water partition coefficient (Wildman–Crippen LogP) is 4.52. The van der Waals surface area contributed by atoms with Gasteiger partial charge in [-0.25, -0.2) is 4.39 Å². The molecule has 2 rings (SSSR count). The number of hydrogen-bond acceptors (Lipinski definition) is 2. The minimum absolute atomic E-state index is 0.143. The van der Waals surface area contributed by atoms with Crippen LogP contribution in [0.3, 0.4) is 0 Å². The van der Waals surface area contributed by atoms with Crippen LogP contribution >= 0.6 is 23.4 Å². The highest BCUT2D eigenvalue weighted by Gasteiger charge is 2.08. The van der Waals surface area contributed by atoms with E-state index in [1.54, 1.807) is 0 Å². The maximum Gasteiger partial charge on any atom is 0.234 e. The van der Waals surface area contributed by atoms with E-state index in [2.05, 4.69) is 5.32 Å². The van der Waals surface area contributed by atoms with Crippen molar-refractivity contribution in [2.45, 2.75) is 11.8 Å². The maximum atomic E-state index is 13.5. The zero-order valence-electron chi connectivity index (χ0n) is 10.8. The van der Waals surface area contributed by atoms with Crippen LogP contribution in [0.5, 0.6) is 0 Å². The number of hydrogen-bond donors (Lipinski definition) is 1. The number of nitrogens with one attached hydrogen (secondary N) is 1. The van der Waals surface area contributed by atoms with Gasteiger partial charge in [0.2, 0.25) is 5.91 Å². The third kappa shape index (κ3) is 3.99. The van der Waals surface area contributed by atoms with Crippen LogP contribution in [0.15, 0.2) is 47.4 Å². The Labute approximate surface area is 126 Å². The minimum Gasteiger partial charge on any atom is -0.323 e. The van der Waals surface area contributed by atoms with Crippen molar-refractivity contribution in [1.29, 1.82) is 0 Å². The SMILES string of the molecule is Cc1ccccc1SCC(=O)Nc1ccc(Cl)cc1F. The Morgan fingerprint density at radius 2 is 2.05 bits per heavy atom. The van der Waals surface area contributed by atoms with Gasteiger partial charge in [-0.1, -0.05) is 29.8 Å². The van der Waals surface area contributed by atoms with Gasteiger partial charge in [-0.05, 0) is 36.8 Å². The maximum absolute atomic E-state index is 13.5. The van der Waals surface area contributed by atoms with Gasteiger partial charge in [0.05, 0.1) is 11.4 Å². The van der Waals surface area contributed by atoms with Gasteiger partial charge in [-0.15, -0.1) is 11.8 Å². The smallest absolute Gasteiger partial charge is 0.234 e. The molecule has 2 aromatic rings. The lowest BCUT2D eigenvalue weighted by Crippen LogP contribution is -2.15. The molecular formula is C15H13ClFNOS. The quantitative estimate of drug-likeness (QED) is 0.841. The van der Waals surface area contributed by atoms with Crippen molar-refractivity contribution in [3.63, 3.8) is 0 Å². The van der Waals surface area contributed by atoms with Gasteiger partial charge >= 0.3 is 0 Å². The summed E-state index contributed by atoms with van der Waals surface area (Å²) >= 11 is 7.08. The molecule has 0 atom stereocenters. The Morgan fingerprint density at radius 1 is 1.30 bits per heavy atom. The summed E-state index contributed by atoms with van der Waals surface area (Å²) in [7, 11) is 0. The summed E-state index contributed by atoms with van der Waals surface area (Å²) in [4.78, 5) is 12.8. The molecule has 5 heteroatoms. The molecule has 0 saturated carbocycles. The standard InChI is InChI=1S/C15H13ClFNOS/c1-10-4-2-3-5-14(10)20-9-15(19)18-13-7-6-11(16)8-12(13)17/h2-8H,9H2,1H3,(H,18,19). The van der Waals surface area contributed by atoms with Gasteiger partial charge in [-0.3, -0.25) is 4.79 Å². The first-order valence-corrected chi connectivity index (χ1v) is 7.36. The Bertz CT molecular complexity index is 633. The molecule has 0 aliphatic rings. The van der Waals surface area contributed by atoms with Gasteiger partial charge in [0.1, 0.15) is 5.82 Å². The molecule has 0 saturated heterocycles. The molecule has 2 aromatic carbocycles. The average molecular weight is 310 g/mol. The number of rotatable bonds is 4. The van der Waals surface area contributed by atoms with Gasteiger partial charge in [0, 0.05) is 9.92 Å². The van der Waals surface area contributed by atoms with Crippen LogP contribution in [0, 0.1) is 12.7 Å². The molecular weight excluding hydrogens is 297 g/mol. The molecule has 0 unspecified atom stereocenters. The first-order valence-electron chi connectivity index (χ1n) is 5.99. The summed E-state index contributed by atoms with van der Waals surface area (Å²) in [6.07, 6.45) is 0. The lowest BCUT2D eigenvalue weighted by atomic mass is 10.2. The fourth-order valence-corrected chi connectivity index (χ4v) is 2.63. The number of carbonyl (C=O) groups is 1. The number of anilines is 1. The van der Waals surface area contributed by atoms with Crippen molar-refractivity contribution in [3.05, 3.63) is 58.9 Å². The van der Waals surface area contributed by atoms with Gasteiger partial charge in [0.25, 0.3) is 0 Å².